The number of benzene rings is 1. The molecule has 1 amide bonds. The van der Waals surface area contributed by atoms with Crippen LogP contribution < -0.4 is 15.4 Å². The predicted octanol–water partition coefficient (Wildman–Crippen LogP) is 3.07. The average Bonchev–Trinajstić information content (AvgIpc) is 2.73. The number of hydrogen-bond donors (Lipinski definition) is 2. The van der Waals surface area contributed by atoms with Gasteiger partial charge in [0.15, 0.2) is 0 Å². The Labute approximate surface area is 158 Å². The molecular formula is C21H22N4O2. The zero-order chi connectivity index (χ0) is 18.9. The maximum atomic E-state index is 12.4. The standard InChI is InChI=1S/C21H22N4O2/c1-27-19-8-3-2-6-16(19)9-13-24-21(26)17-10-12-23-20(14-17)25-15-18-7-4-5-11-22-18/h2-8,10-12,14H,9,13,15H2,1H3,(H,23,25)(H,24,26). The van der Waals surface area contributed by atoms with Gasteiger partial charge in [0.1, 0.15) is 11.6 Å². The average molecular weight is 362 g/mol. The molecule has 6 heteroatoms. The minimum atomic E-state index is -0.131. The number of pyridine rings is 2. The third-order valence-electron chi connectivity index (χ3n) is 4.07. The molecular weight excluding hydrogens is 340 g/mol. The summed E-state index contributed by atoms with van der Waals surface area (Å²) in [5, 5.41) is 6.12. The molecule has 0 aliphatic heterocycles. The summed E-state index contributed by atoms with van der Waals surface area (Å²) in [6.07, 6.45) is 4.07. The summed E-state index contributed by atoms with van der Waals surface area (Å²) < 4.78 is 5.33. The van der Waals surface area contributed by atoms with Gasteiger partial charge >= 0.3 is 0 Å². The molecule has 0 bridgehead atoms. The van der Waals surface area contributed by atoms with Gasteiger partial charge in [-0.3, -0.25) is 9.78 Å². The van der Waals surface area contributed by atoms with Gasteiger partial charge in [-0.1, -0.05) is 24.3 Å². The van der Waals surface area contributed by atoms with Gasteiger partial charge in [0.2, 0.25) is 0 Å². The number of hydrogen-bond acceptors (Lipinski definition) is 5. The molecule has 0 saturated heterocycles. The van der Waals surface area contributed by atoms with Gasteiger partial charge in [0.05, 0.1) is 19.3 Å². The molecule has 3 aromatic rings. The van der Waals surface area contributed by atoms with Crippen LogP contribution in [0, 0.1) is 0 Å². The number of anilines is 1. The van der Waals surface area contributed by atoms with Crippen LogP contribution in [0.5, 0.6) is 5.75 Å². The Bertz CT molecular complexity index is 884. The molecule has 2 aromatic heterocycles. The number of nitrogens with one attached hydrogen (secondary N) is 2. The third kappa shape index (κ3) is 5.28. The summed E-state index contributed by atoms with van der Waals surface area (Å²) in [7, 11) is 1.65. The summed E-state index contributed by atoms with van der Waals surface area (Å²) in [5.41, 5.74) is 2.53. The van der Waals surface area contributed by atoms with Crippen LogP contribution in [-0.2, 0) is 13.0 Å². The highest BCUT2D eigenvalue weighted by Gasteiger charge is 2.08. The van der Waals surface area contributed by atoms with Gasteiger partial charge in [-0.05, 0) is 42.3 Å². The normalized spacial score (nSPS) is 10.3. The van der Waals surface area contributed by atoms with Crippen LogP contribution in [0.25, 0.3) is 0 Å². The molecule has 0 aliphatic rings. The third-order valence-corrected chi connectivity index (χ3v) is 4.07. The van der Waals surface area contributed by atoms with E-state index in [-0.39, 0.29) is 5.91 Å². The maximum absolute atomic E-state index is 12.4. The maximum Gasteiger partial charge on any atom is 0.251 e. The van der Waals surface area contributed by atoms with E-state index in [0.29, 0.717) is 30.9 Å². The SMILES string of the molecule is COc1ccccc1CCNC(=O)c1ccnc(NCc2ccccn2)c1. The molecule has 0 unspecified atom stereocenters. The van der Waals surface area contributed by atoms with E-state index in [4.69, 9.17) is 4.74 Å². The summed E-state index contributed by atoms with van der Waals surface area (Å²) in [6, 6.07) is 17.0. The molecule has 27 heavy (non-hydrogen) atoms. The fraction of sp³-hybridized carbons (Fsp3) is 0.190. The number of aromatic nitrogens is 2. The van der Waals surface area contributed by atoms with Crippen molar-refractivity contribution in [2.45, 2.75) is 13.0 Å². The van der Waals surface area contributed by atoms with Crippen molar-refractivity contribution in [3.63, 3.8) is 0 Å². The van der Waals surface area contributed by atoms with E-state index in [1.165, 1.54) is 0 Å². The molecule has 1 aromatic carbocycles. The van der Waals surface area contributed by atoms with Crippen LogP contribution in [0.4, 0.5) is 5.82 Å². The highest BCUT2D eigenvalue weighted by Crippen LogP contribution is 2.17. The van der Waals surface area contributed by atoms with Gasteiger partial charge in [0.25, 0.3) is 5.91 Å². The van der Waals surface area contributed by atoms with E-state index in [1.807, 2.05) is 42.5 Å². The van der Waals surface area contributed by atoms with Crippen LogP contribution in [0.2, 0.25) is 0 Å². The minimum absolute atomic E-state index is 0.131. The van der Waals surface area contributed by atoms with Crippen molar-refractivity contribution < 1.29 is 9.53 Å². The smallest absolute Gasteiger partial charge is 0.251 e. The number of para-hydroxylation sites is 1. The molecule has 0 saturated carbocycles. The highest BCUT2D eigenvalue weighted by molar-refractivity contribution is 5.94. The number of ether oxygens (including phenoxy) is 1. The lowest BCUT2D eigenvalue weighted by molar-refractivity contribution is 0.0954. The molecule has 0 aliphatic carbocycles. The largest absolute Gasteiger partial charge is 0.496 e. The molecule has 138 valence electrons. The minimum Gasteiger partial charge on any atom is -0.496 e. The van der Waals surface area contributed by atoms with Gasteiger partial charge in [-0.15, -0.1) is 0 Å². The summed E-state index contributed by atoms with van der Waals surface area (Å²) in [6.45, 7) is 1.07. The van der Waals surface area contributed by atoms with Crippen molar-refractivity contribution in [2.75, 3.05) is 19.0 Å². The summed E-state index contributed by atoms with van der Waals surface area (Å²) in [5.74, 6) is 1.34. The van der Waals surface area contributed by atoms with Crippen LogP contribution in [-0.4, -0.2) is 29.5 Å². The predicted molar refractivity (Wildman–Crippen MR) is 105 cm³/mol. The quantitative estimate of drug-likeness (QED) is 0.644. The van der Waals surface area contributed by atoms with Crippen LogP contribution in [0.1, 0.15) is 21.6 Å². The van der Waals surface area contributed by atoms with Crippen LogP contribution in [0.3, 0.4) is 0 Å². The van der Waals surface area contributed by atoms with Gasteiger partial charge in [-0.25, -0.2) is 4.98 Å². The van der Waals surface area contributed by atoms with E-state index in [2.05, 4.69) is 20.6 Å². The first-order chi connectivity index (χ1) is 13.3. The van der Waals surface area contributed by atoms with Crippen LogP contribution in [0.15, 0.2) is 67.0 Å². The van der Waals surface area contributed by atoms with E-state index in [9.17, 15) is 4.79 Å². The lowest BCUT2D eigenvalue weighted by Crippen LogP contribution is -2.26. The number of carbonyl (C=O) groups is 1. The second-order valence-corrected chi connectivity index (χ2v) is 5.92. The summed E-state index contributed by atoms with van der Waals surface area (Å²) in [4.78, 5) is 20.9. The van der Waals surface area contributed by atoms with Gasteiger partial charge < -0.3 is 15.4 Å². The van der Waals surface area contributed by atoms with E-state index in [1.54, 1.807) is 31.6 Å². The number of amides is 1. The molecule has 0 spiro atoms. The first-order valence-corrected chi connectivity index (χ1v) is 8.76. The topological polar surface area (TPSA) is 76.1 Å². The Morgan fingerprint density at radius 1 is 1.04 bits per heavy atom. The monoisotopic (exact) mass is 362 g/mol. The van der Waals surface area contributed by atoms with Crippen molar-refractivity contribution in [3.05, 3.63) is 83.8 Å². The fourth-order valence-electron chi connectivity index (χ4n) is 2.67. The van der Waals surface area contributed by atoms with Crippen molar-refractivity contribution >= 4 is 11.7 Å². The second kappa shape index (κ2) is 9.33. The Balaban J connectivity index is 1.54. The van der Waals surface area contributed by atoms with Gasteiger partial charge in [-0.2, -0.15) is 0 Å². The number of carbonyl (C=O) groups excluding carboxylic acids is 1. The molecule has 0 atom stereocenters. The number of rotatable bonds is 8. The summed E-state index contributed by atoms with van der Waals surface area (Å²) >= 11 is 0. The lowest BCUT2D eigenvalue weighted by Gasteiger charge is -2.10. The molecule has 3 rings (SSSR count). The second-order valence-electron chi connectivity index (χ2n) is 5.92. The highest BCUT2D eigenvalue weighted by atomic mass is 16.5. The van der Waals surface area contributed by atoms with Crippen molar-refractivity contribution in [3.8, 4) is 5.75 Å². The van der Waals surface area contributed by atoms with E-state index >= 15 is 0 Å². The van der Waals surface area contributed by atoms with Gasteiger partial charge in [0, 0.05) is 24.5 Å². The Kier molecular flexibility index (Phi) is 6.35. The van der Waals surface area contributed by atoms with Crippen molar-refractivity contribution in [1.82, 2.24) is 15.3 Å². The first kappa shape index (κ1) is 18.4. The number of methoxy groups -OCH3 is 1. The number of nitrogens with zero attached hydrogens (tertiary/aromatic N) is 2. The van der Waals surface area contributed by atoms with E-state index in [0.717, 1.165) is 17.0 Å². The molecule has 0 radical (unpaired) electrons. The van der Waals surface area contributed by atoms with E-state index < -0.39 is 0 Å². The Morgan fingerprint density at radius 3 is 2.70 bits per heavy atom. The van der Waals surface area contributed by atoms with Crippen LogP contribution >= 0.6 is 0 Å². The zero-order valence-corrected chi connectivity index (χ0v) is 15.2. The van der Waals surface area contributed by atoms with Crippen molar-refractivity contribution in [2.24, 2.45) is 0 Å². The molecule has 2 N–H and O–H groups in total. The van der Waals surface area contributed by atoms with Crippen molar-refractivity contribution in [1.29, 1.82) is 0 Å². The molecule has 6 nitrogen and oxygen atoms in total. The lowest BCUT2D eigenvalue weighted by atomic mass is 10.1. The zero-order valence-electron chi connectivity index (χ0n) is 15.2. The first-order valence-electron chi connectivity index (χ1n) is 8.76. The Hall–Kier alpha value is -3.41. The fourth-order valence-corrected chi connectivity index (χ4v) is 2.67. The molecule has 2 heterocycles. The molecule has 0 fully saturated rings. The Morgan fingerprint density at radius 2 is 1.89 bits per heavy atom.